The Morgan fingerprint density at radius 3 is 2.53 bits per heavy atom. The minimum Gasteiger partial charge on any atom is -0.493 e. The Bertz CT molecular complexity index is 407. The summed E-state index contributed by atoms with van der Waals surface area (Å²) in [7, 11) is 1.62. The van der Waals surface area contributed by atoms with Crippen LogP contribution in [-0.4, -0.2) is 19.8 Å². The van der Waals surface area contributed by atoms with E-state index in [0.29, 0.717) is 29.0 Å². The van der Waals surface area contributed by atoms with E-state index in [1.807, 2.05) is 12.1 Å². The number of ether oxygens (including phenoxy) is 2. The summed E-state index contributed by atoms with van der Waals surface area (Å²) >= 11 is 6.28. The second-order valence-corrected chi connectivity index (χ2v) is 5.59. The van der Waals surface area contributed by atoms with Crippen molar-refractivity contribution in [1.82, 2.24) is 0 Å². The zero-order chi connectivity index (χ0) is 14.4. The highest BCUT2D eigenvalue weighted by molar-refractivity contribution is 6.32. The third-order valence-electron chi connectivity index (χ3n) is 2.87. The topological polar surface area (TPSA) is 44.5 Å². The van der Waals surface area contributed by atoms with E-state index >= 15 is 0 Å². The van der Waals surface area contributed by atoms with Gasteiger partial charge in [-0.25, -0.2) is 0 Å². The van der Waals surface area contributed by atoms with Gasteiger partial charge in [-0.3, -0.25) is 0 Å². The zero-order valence-electron chi connectivity index (χ0n) is 12.2. The fraction of sp³-hybridized carbons (Fsp3) is 0.600. The molecule has 0 aliphatic rings. The smallest absolute Gasteiger partial charge is 0.179 e. The minimum absolute atomic E-state index is 0.142. The molecule has 1 atom stereocenters. The van der Waals surface area contributed by atoms with Crippen molar-refractivity contribution >= 4 is 11.6 Å². The van der Waals surface area contributed by atoms with Crippen molar-refractivity contribution < 1.29 is 9.47 Å². The van der Waals surface area contributed by atoms with Gasteiger partial charge in [0.15, 0.2) is 11.5 Å². The first kappa shape index (κ1) is 16.1. The number of methoxy groups -OCH3 is 1. The van der Waals surface area contributed by atoms with Crippen molar-refractivity contribution in [2.75, 3.05) is 13.7 Å². The number of rotatable bonds is 7. The highest BCUT2D eigenvalue weighted by atomic mass is 35.5. The summed E-state index contributed by atoms with van der Waals surface area (Å²) in [5, 5.41) is 0.582. The van der Waals surface area contributed by atoms with Crippen molar-refractivity contribution in [3.05, 3.63) is 22.7 Å². The van der Waals surface area contributed by atoms with E-state index in [9.17, 15) is 0 Å². The Morgan fingerprint density at radius 2 is 2.00 bits per heavy atom. The summed E-state index contributed by atoms with van der Waals surface area (Å²) < 4.78 is 11.1. The average Bonchev–Trinajstić information content (AvgIpc) is 2.36. The van der Waals surface area contributed by atoms with Crippen LogP contribution in [0.5, 0.6) is 11.5 Å². The van der Waals surface area contributed by atoms with Crippen LogP contribution < -0.4 is 15.2 Å². The lowest BCUT2D eigenvalue weighted by molar-refractivity contribution is 0.257. The normalized spacial score (nSPS) is 12.6. The van der Waals surface area contributed by atoms with Gasteiger partial charge in [-0.1, -0.05) is 32.4 Å². The molecule has 1 rings (SSSR count). The summed E-state index contributed by atoms with van der Waals surface area (Å²) in [6, 6.07) is 4.01. The van der Waals surface area contributed by atoms with Gasteiger partial charge in [0, 0.05) is 6.04 Å². The number of hydrogen-bond donors (Lipinski definition) is 1. The number of halogens is 1. The predicted molar refractivity (Wildman–Crippen MR) is 80.3 cm³/mol. The third-order valence-corrected chi connectivity index (χ3v) is 3.15. The molecule has 0 saturated heterocycles. The Kier molecular flexibility index (Phi) is 6.46. The Hall–Kier alpha value is -0.930. The molecule has 4 heteroatoms. The molecule has 108 valence electrons. The lowest BCUT2D eigenvalue weighted by Gasteiger charge is -2.16. The third kappa shape index (κ3) is 4.92. The standard InChI is InChI=1S/C15H24ClNO2/c1-5-12(17)6-11-7-13(16)15(14(8-11)18-4)19-9-10(2)3/h7-8,10,12H,5-6,9,17H2,1-4H3. The maximum Gasteiger partial charge on any atom is 0.179 e. The Labute approximate surface area is 121 Å². The van der Waals surface area contributed by atoms with Crippen LogP contribution in [0.15, 0.2) is 12.1 Å². The predicted octanol–water partition coefficient (Wildman–Crippen LogP) is 3.66. The highest BCUT2D eigenvalue weighted by Gasteiger charge is 2.13. The summed E-state index contributed by atoms with van der Waals surface area (Å²) in [6.45, 7) is 6.87. The summed E-state index contributed by atoms with van der Waals surface area (Å²) in [4.78, 5) is 0. The van der Waals surface area contributed by atoms with Crippen LogP contribution in [0.3, 0.4) is 0 Å². The van der Waals surface area contributed by atoms with E-state index < -0.39 is 0 Å². The molecule has 0 amide bonds. The van der Waals surface area contributed by atoms with Gasteiger partial charge in [-0.2, -0.15) is 0 Å². The molecule has 0 radical (unpaired) electrons. The largest absolute Gasteiger partial charge is 0.493 e. The first-order valence-electron chi connectivity index (χ1n) is 6.72. The molecular weight excluding hydrogens is 262 g/mol. The SMILES string of the molecule is CCC(N)Cc1cc(Cl)c(OCC(C)C)c(OC)c1. The summed E-state index contributed by atoms with van der Waals surface area (Å²) in [5.41, 5.74) is 7.04. The number of hydrogen-bond acceptors (Lipinski definition) is 3. The molecule has 1 aromatic carbocycles. The molecule has 1 aromatic rings. The van der Waals surface area contributed by atoms with Crippen LogP contribution in [0, 0.1) is 5.92 Å². The first-order valence-corrected chi connectivity index (χ1v) is 7.10. The second kappa shape index (κ2) is 7.61. The average molecular weight is 286 g/mol. The van der Waals surface area contributed by atoms with Gasteiger partial charge in [-0.15, -0.1) is 0 Å². The van der Waals surface area contributed by atoms with E-state index in [0.717, 1.165) is 18.4 Å². The van der Waals surface area contributed by atoms with Gasteiger partial charge < -0.3 is 15.2 Å². The molecule has 0 bridgehead atoms. The van der Waals surface area contributed by atoms with E-state index in [1.165, 1.54) is 0 Å². The quantitative estimate of drug-likeness (QED) is 0.831. The fourth-order valence-electron chi connectivity index (χ4n) is 1.73. The number of benzene rings is 1. The van der Waals surface area contributed by atoms with Crippen molar-refractivity contribution in [2.24, 2.45) is 11.7 Å². The molecule has 2 N–H and O–H groups in total. The summed E-state index contributed by atoms with van der Waals surface area (Å²) in [6.07, 6.45) is 1.72. The van der Waals surface area contributed by atoms with Crippen LogP contribution in [0.1, 0.15) is 32.8 Å². The summed E-state index contributed by atoms with van der Waals surface area (Å²) in [5.74, 6) is 1.73. The van der Waals surface area contributed by atoms with E-state index in [-0.39, 0.29) is 6.04 Å². The molecule has 0 fully saturated rings. The second-order valence-electron chi connectivity index (χ2n) is 5.19. The van der Waals surface area contributed by atoms with Crippen LogP contribution in [0.4, 0.5) is 0 Å². The lowest BCUT2D eigenvalue weighted by Crippen LogP contribution is -2.21. The van der Waals surface area contributed by atoms with Crippen molar-refractivity contribution in [3.8, 4) is 11.5 Å². The molecule has 0 aromatic heterocycles. The molecule has 0 heterocycles. The molecular formula is C15H24ClNO2. The maximum atomic E-state index is 6.28. The molecule has 1 unspecified atom stereocenters. The van der Waals surface area contributed by atoms with E-state index in [1.54, 1.807) is 7.11 Å². The van der Waals surface area contributed by atoms with Crippen molar-refractivity contribution in [3.63, 3.8) is 0 Å². The van der Waals surface area contributed by atoms with Gasteiger partial charge in [0.2, 0.25) is 0 Å². The molecule has 0 spiro atoms. The maximum absolute atomic E-state index is 6.28. The van der Waals surface area contributed by atoms with Crippen LogP contribution in [0.2, 0.25) is 5.02 Å². The number of nitrogens with two attached hydrogens (primary N) is 1. The van der Waals surface area contributed by atoms with Crippen LogP contribution >= 0.6 is 11.6 Å². The van der Waals surface area contributed by atoms with Gasteiger partial charge in [0.05, 0.1) is 18.7 Å². The highest BCUT2D eigenvalue weighted by Crippen LogP contribution is 2.37. The monoisotopic (exact) mass is 285 g/mol. The molecule has 0 saturated carbocycles. The fourth-order valence-corrected chi connectivity index (χ4v) is 2.02. The Balaban J connectivity index is 2.94. The lowest BCUT2D eigenvalue weighted by atomic mass is 10.0. The molecule has 0 aliphatic heterocycles. The molecule has 3 nitrogen and oxygen atoms in total. The van der Waals surface area contributed by atoms with Crippen LogP contribution in [-0.2, 0) is 6.42 Å². The first-order chi connectivity index (χ1) is 8.97. The molecule has 0 aliphatic carbocycles. The van der Waals surface area contributed by atoms with Gasteiger partial charge in [-0.05, 0) is 36.5 Å². The van der Waals surface area contributed by atoms with E-state index in [4.69, 9.17) is 26.8 Å². The minimum atomic E-state index is 0.142. The van der Waals surface area contributed by atoms with Gasteiger partial charge >= 0.3 is 0 Å². The van der Waals surface area contributed by atoms with E-state index in [2.05, 4.69) is 20.8 Å². The van der Waals surface area contributed by atoms with Crippen LogP contribution in [0.25, 0.3) is 0 Å². The van der Waals surface area contributed by atoms with Gasteiger partial charge in [0.25, 0.3) is 0 Å². The van der Waals surface area contributed by atoms with Gasteiger partial charge in [0.1, 0.15) is 0 Å². The zero-order valence-corrected chi connectivity index (χ0v) is 13.0. The van der Waals surface area contributed by atoms with Crippen molar-refractivity contribution in [2.45, 2.75) is 39.7 Å². The molecule has 19 heavy (non-hydrogen) atoms. The van der Waals surface area contributed by atoms with Crippen molar-refractivity contribution in [1.29, 1.82) is 0 Å². The Morgan fingerprint density at radius 1 is 1.32 bits per heavy atom.